The van der Waals surface area contributed by atoms with Gasteiger partial charge in [0.2, 0.25) is 0 Å². The Labute approximate surface area is 144 Å². The normalized spacial score (nSPS) is 11.5. The average Bonchev–Trinajstić information content (AvgIpc) is 3.10. The summed E-state index contributed by atoms with van der Waals surface area (Å²) in [5.41, 5.74) is 7.39. The van der Waals surface area contributed by atoms with Gasteiger partial charge in [0.15, 0.2) is 11.5 Å². The predicted molar refractivity (Wildman–Crippen MR) is 97.5 cm³/mol. The summed E-state index contributed by atoms with van der Waals surface area (Å²) in [6.45, 7) is 0. The van der Waals surface area contributed by atoms with Crippen LogP contribution in [0.4, 0.5) is 10.2 Å². The SMILES string of the molecule is Nc1nc(-c2cn(SI)c3ncc(F)cc23)nc2sccc12. The lowest BCUT2D eigenvalue weighted by molar-refractivity contribution is 0.624. The number of thiophene rings is 1. The Morgan fingerprint density at radius 3 is 3.00 bits per heavy atom. The van der Waals surface area contributed by atoms with Gasteiger partial charge in [0.05, 0.1) is 11.6 Å². The van der Waals surface area contributed by atoms with Gasteiger partial charge in [-0.15, -0.1) is 11.3 Å². The third-order valence-electron chi connectivity index (χ3n) is 3.25. The zero-order chi connectivity index (χ0) is 15.3. The highest BCUT2D eigenvalue weighted by Gasteiger charge is 2.16. The topological polar surface area (TPSA) is 69.6 Å². The van der Waals surface area contributed by atoms with Crippen molar-refractivity contribution in [3.8, 4) is 11.4 Å². The number of nitrogens with two attached hydrogens (primary N) is 1. The largest absolute Gasteiger partial charge is 0.383 e. The van der Waals surface area contributed by atoms with Gasteiger partial charge in [-0.25, -0.2) is 19.3 Å². The van der Waals surface area contributed by atoms with Crippen molar-refractivity contribution in [2.24, 2.45) is 0 Å². The van der Waals surface area contributed by atoms with Crippen LogP contribution in [0, 0.1) is 5.82 Å². The second kappa shape index (κ2) is 5.32. The van der Waals surface area contributed by atoms with Gasteiger partial charge >= 0.3 is 0 Å². The van der Waals surface area contributed by atoms with Crippen LogP contribution in [-0.2, 0) is 0 Å². The third kappa shape index (κ3) is 2.15. The van der Waals surface area contributed by atoms with Crippen molar-refractivity contribution in [2.45, 2.75) is 0 Å². The van der Waals surface area contributed by atoms with Crippen LogP contribution in [0.15, 0.2) is 29.9 Å². The second-order valence-electron chi connectivity index (χ2n) is 4.53. The van der Waals surface area contributed by atoms with Gasteiger partial charge in [-0.3, -0.25) is 3.97 Å². The minimum atomic E-state index is -0.393. The highest BCUT2D eigenvalue weighted by molar-refractivity contribution is 14.2. The van der Waals surface area contributed by atoms with Crippen LogP contribution in [0.1, 0.15) is 0 Å². The van der Waals surface area contributed by atoms with Crippen molar-refractivity contribution in [2.75, 3.05) is 5.73 Å². The van der Waals surface area contributed by atoms with E-state index in [0.29, 0.717) is 28.2 Å². The van der Waals surface area contributed by atoms with Crippen LogP contribution in [0.25, 0.3) is 32.6 Å². The van der Waals surface area contributed by atoms with Crippen molar-refractivity contribution in [3.63, 3.8) is 0 Å². The van der Waals surface area contributed by atoms with Gasteiger partial charge in [-0.05, 0) is 17.5 Å². The fraction of sp³-hybridized carbons (Fsp3) is 0. The molecule has 110 valence electrons. The monoisotopic (exact) mass is 443 g/mol. The second-order valence-corrected chi connectivity index (χ2v) is 7.14. The fourth-order valence-corrected chi connectivity index (χ4v) is 4.31. The molecule has 5 nitrogen and oxygen atoms in total. The van der Waals surface area contributed by atoms with E-state index in [1.807, 2.05) is 21.6 Å². The predicted octanol–water partition coefficient (Wildman–Crippen LogP) is 4.28. The van der Waals surface area contributed by atoms with Crippen LogP contribution < -0.4 is 5.73 Å². The molecule has 2 N–H and O–H groups in total. The van der Waals surface area contributed by atoms with E-state index in [0.717, 1.165) is 10.2 Å². The molecule has 4 aromatic rings. The zero-order valence-electron chi connectivity index (χ0n) is 10.8. The molecule has 4 aromatic heterocycles. The lowest BCUT2D eigenvalue weighted by Gasteiger charge is -2.01. The van der Waals surface area contributed by atoms with E-state index in [9.17, 15) is 4.39 Å². The van der Waals surface area contributed by atoms with Gasteiger partial charge in [-0.2, -0.15) is 0 Å². The first-order chi connectivity index (χ1) is 10.7. The molecular formula is C13H7FIN5S2. The Morgan fingerprint density at radius 2 is 2.18 bits per heavy atom. The van der Waals surface area contributed by atoms with Gasteiger partial charge in [0.1, 0.15) is 16.5 Å². The summed E-state index contributed by atoms with van der Waals surface area (Å²) in [7, 11) is 1.45. The molecule has 0 fully saturated rings. The molecule has 0 aliphatic rings. The maximum atomic E-state index is 13.6. The Bertz CT molecular complexity index is 1010. The minimum absolute atomic E-state index is 0.393. The Kier molecular flexibility index (Phi) is 3.42. The van der Waals surface area contributed by atoms with Gasteiger partial charge in [0, 0.05) is 47.5 Å². The van der Waals surface area contributed by atoms with Crippen LogP contribution in [0.3, 0.4) is 0 Å². The number of hydrogen-bond acceptors (Lipinski definition) is 6. The first-order valence-corrected chi connectivity index (χ1v) is 10.3. The van der Waals surface area contributed by atoms with Crippen LogP contribution in [-0.4, -0.2) is 18.9 Å². The number of fused-ring (bicyclic) bond motifs is 2. The summed E-state index contributed by atoms with van der Waals surface area (Å²) >= 11 is 3.64. The smallest absolute Gasteiger partial charge is 0.165 e. The molecule has 0 atom stereocenters. The van der Waals surface area contributed by atoms with E-state index >= 15 is 0 Å². The van der Waals surface area contributed by atoms with Gasteiger partial charge in [0.25, 0.3) is 0 Å². The number of nitrogens with zero attached hydrogens (tertiary/aromatic N) is 4. The quantitative estimate of drug-likeness (QED) is 0.469. The molecule has 9 heteroatoms. The molecule has 0 aliphatic heterocycles. The van der Waals surface area contributed by atoms with E-state index < -0.39 is 5.82 Å². The number of anilines is 1. The maximum absolute atomic E-state index is 13.6. The summed E-state index contributed by atoms with van der Waals surface area (Å²) in [6, 6.07) is 3.34. The van der Waals surface area contributed by atoms with Crippen molar-refractivity contribution in [1.82, 2.24) is 18.9 Å². The Morgan fingerprint density at radius 1 is 1.32 bits per heavy atom. The maximum Gasteiger partial charge on any atom is 0.165 e. The van der Waals surface area contributed by atoms with E-state index in [2.05, 4.69) is 36.2 Å². The molecule has 0 spiro atoms. The molecular weight excluding hydrogens is 436 g/mol. The van der Waals surface area contributed by atoms with E-state index in [-0.39, 0.29) is 0 Å². The first kappa shape index (κ1) is 14.2. The molecule has 4 rings (SSSR count). The molecule has 22 heavy (non-hydrogen) atoms. The summed E-state index contributed by atoms with van der Waals surface area (Å²) in [4.78, 5) is 13.9. The molecule has 4 heterocycles. The number of pyridine rings is 1. The summed E-state index contributed by atoms with van der Waals surface area (Å²) in [5.74, 6) is 0.512. The molecule has 0 aliphatic carbocycles. The van der Waals surface area contributed by atoms with Crippen molar-refractivity contribution >= 4 is 68.7 Å². The van der Waals surface area contributed by atoms with Crippen molar-refractivity contribution in [3.05, 3.63) is 35.7 Å². The fourth-order valence-electron chi connectivity index (χ4n) is 2.28. The third-order valence-corrected chi connectivity index (χ3v) is 5.76. The Balaban J connectivity index is 2.04. The standard InChI is InChI=1S/C13H7FIN5S2/c14-6-3-8-9(5-20(22-15)12(8)17-4-6)11-18-10(16)7-1-2-21-13(7)19-11/h1-5H,(H2,16,18,19). The molecule has 0 amide bonds. The van der Waals surface area contributed by atoms with Gasteiger partial charge in [-0.1, -0.05) is 0 Å². The van der Waals surface area contributed by atoms with Crippen LogP contribution >= 0.6 is 41.7 Å². The van der Waals surface area contributed by atoms with Crippen LogP contribution in [0.5, 0.6) is 0 Å². The zero-order valence-corrected chi connectivity index (χ0v) is 14.6. The number of halogens is 2. The highest BCUT2D eigenvalue weighted by atomic mass is 127. The minimum Gasteiger partial charge on any atom is -0.383 e. The summed E-state index contributed by atoms with van der Waals surface area (Å²) < 4.78 is 15.4. The van der Waals surface area contributed by atoms with Crippen molar-refractivity contribution in [1.29, 1.82) is 0 Å². The lowest BCUT2D eigenvalue weighted by Crippen LogP contribution is -1.95. The summed E-state index contributed by atoms with van der Waals surface area (Å²) in [5, 5.41) is 3.43. The highest BCUT2D eigenvalue weighted by Crippen LogP contribution is 2.34. The number of rotatable bonds is 2. The van der Waals surface area contributed by atoms with E-state index in [4.69, 9.17) is 5.73 Å². The number of aromatic nitrogens is 4. The first-order valence-electron chi connectivity index (χ1n) is 6.14. The molecule has 0 unspecified atom stereocenters. The van der Waals surface area contributed by atoms with Crippen molar-refractivity contribution < 1.29 is 4.39 Å². The van der Waals surface area contributed by atoms with Gasteiger partial charge < -0.3 is 5.73 Å². The van der Waals surface area contributed by atoms with Crippen LogP contribution in [0.2, 0.25) is 0 Å². The average molecular weight is 443 g/mol. The Hall–Kier alpha value is -1.46. The lowest BCUT2D eigenvalue weighted by atomic mass is 10.2. The molecule has 0 aromatic carbocycles. The molecule has 0 saturated carbocycles. The molecule has 0 saturated heterocycles. The number of hydrogen-bond donors (Lipinski definition) is 1. The van der Waals surface area contributed by atoms with E-state index in [1.165, 1.54) is 32.7 Å². The molecule has 0 radical (unpaired) electrons. The summed E-state index contributed by atoms with van der Waals surface area (Å²) in [6.07, 6.45) is 3.05. The van der Waals surface area contributed by atoms with E-state index in [1.54, 1.807) is 0 Å². The molecule has 0 bridgehead atoms. The number of nitrogen functional groups attached to an aromatic ring is 1.